The highest BCUT2D eigenvalue weighted by Gasteiger charge is 2.21. The van der Waals surface area contributed by atoms with Crippen LogP contribution in [0.4, 0.5) is 0 Å². The van der Waals surface area contributed by atoms with Crippen LogP contribution >= 0.6 is 11.3 Å². The zero-order chi connectivity index (χ0) is 16.1. The molecule has 1 N–H and O–H groups in total. The Bertz CT molecular complexity index is 621. The van der Waals surface area contributed by atoms with E-state index in [0.717, 1.165) is 17.1 Å². The standard InChI is InChI=1S/C15H22N4O2S/c1-10(2)7-12(14-16-9-17-19(14)3)18-15(20)13-6-5-11(22-13)8-21-4/h5-6,9-10,12H,7-8H2,1-4H3,(H,18,20)/t12-/m1/s1. The molecule has 0 aliphatic rings. The van der Waals surface area contributed by atoms with E-state index in [1.165, 1.54) is 17.7 Å². The predicted octanol–water partition coefficient (Wildman–Crippen LogP) is 2.54. The van der Waals surface area contributed by atoms with Gasteiger partial charge in [-0.25, -0.2) is 4.98 Å². The van der Waals surface area contributed by atoms with Gasteiger partial charge < -0.3 is 10.1 Å². The van der Waals surface area contributed by atoms with Gasteiger partial charge in [0, 0.05) is 19.0 Å². The number of thiophene rings is 1. The summed E-state index contributed by atoms with van der Waals surface area (Å²) >= 11 is 1.45. The zero-order valence-electron chi connectivity index (χ0n) is 13.4. The van der Waals surface area contributed by atoms with E-state index in [-0.39, 0.29) is 11.9 Å². The summed E-state index contributed by atoms with van der Waals surface area (Å²) in [7, 11) is 3.48. The second-order valence-electron chi connectivity index (χ2n) is 5.60. The predicted molar refractivity (Wildman–Crippen MR) is 85.7 cm³/mol. The number of rotatable bonds is 7. The molecule has 6 nitrogen and oxygen atoms in total. The molecule has 0 unspecified atom stereocenters. The van der Waals surface area contributed by atoms with Crippen LogP contribution in [-0.4, -0.2) is 27.8 Å². The molecule has 2 rings (SSSR count). The molecule has 0 spiro atoms. The van der Waals surface area contributed by atoms with Gasteiger partial charge in [0.25, 0.3) is 5.91 Å². The van der Waals surface area contributed by atoms with E-state index < -0.39 is 0 Å². The first-order chi connectivity index (χ1) is 10.5. The van der Waals surface area contributed by atoms with Crippen LogP contribution in [-0.2, 0) is 18.4 Å². The molecule has 2 heterocycles. The van der Waals surface area contributed by atoms with E-state index in [0.29, 0.717) is 17.4 Å². The van der Waals surface area contributed by atoms with Crippen LogP contribution in [0.3, 0.4) is 0 Å². The van der Waals surface area contributed by atoms with Crippen LogP contribution in [0.15, 0.2) is 18.5 Å². The van der Waals surface area contributed by atoms with Gasteiger partial charge in [0.1, 0.15) is 12.2 Å². The topological polar surface area (TPSA) is 69.0 Å². The summed E-state index contributed by atoms with van der Waals surface area (Å²) in [6, 6.07) is 3.60. The fourth-order valence-electron chi connectivity index (χ4n) is 2.27. The van der Waals surface area contributed by atoms with E-state index >= 15 is 0 Å². The van der Waals surface area contributed by atoms with Gasteiger partial charge in [-0.3, -0.25) is 9.48 Å². The molecule has 0 fully saturated rings. The Morgan fingerprint density at radius 1 is 1.45 bits per heavy atom. The molecule has 0 aromatic carbocycles. The number of nitrogens with one attached hydrogen (secondary N) is 1. The second-order valence-corrected chi connectivity index (χ2v) is 6.76. The highest BCUT2D eigenvalue weighted by atomic mass is 32.1. The molecule has 120 valence electrons. The minimum atomic E-state index is -0.145. The van der Waals surface area contributed by atoms with Crippen molar-refractivity contribution in [3.63, 3.8) is 0 Å². The maximum absolute atomic E-state index is 12.5. The maximum Gasteiger partial charge on any atom is 0.261 e. The third kappa shape index (κ3) is 4.14. The molecule has 2 aromatic rings. The Morgan fingerprint density at radius 2 is 2.23 bits per heavy atom. The third-order valence-corrected chi connectivity index (χ3v) is 4.30. The van der Waals surface area contributed by atoms with Crippen LogP contribution in [0.5, 0.6) is 0 Å². The van der Waals surface area contributed by atoms with Crippen molar-refractivity contribution in [3.8, 4) is 0 Å². The number of aryl methyl sites for hydroxylation is 1. The first kappa shape index (κ1) is 16.6. The number of carbonyl (C=O) groups is 1. The van der Waals surface area contributed by atoms with Crippen LogP contribution in [0.1, 0.15) is 46.7 Å². The number of hydrogen-bond donors (Lipinski definition) is 1. The van der Waals surface area contributed by atoms with E-state index in [4.69, 9.17) is 4.74 Å². The number of nitrogens with zero attached hydrogens (tertiary/aromatic N) is 3. The van der Waals surface area contributed by atoms with Crippen molar-refractivity contribution in [2.45, 2.75) is 32.9 Å². The number of hydrogen-bond acceptors (Lipinski definition) is 5. The lowest BCUT2D eigenvalue weighted by Crippen LogP contribution is -2.31. The second kappa shape index (κ2) is 7.51. The molecule has 0 aliphatic heterocycles. The summed E-state index contributed by atoms with van der Waals surface area (Å²) in [5.74, 6) is 1.13. The maximum atomic E-state index is 12.5. The molecule has 1 atom stereocenters. The fraction of sp³-hybridized carbons (Fsp3) is 0.533. The molecule has 0 aliphatic carbocycles. The third-order valence-electron chi connectivity index (χ3n) is 3.24. The summed E-state index contributed by atoms with van der Waals surface area (Å²) < 4.78 is 6.79. The van der Waals surface area contributed by atoms with Gasteiger partial charge in [-0.2, -0.15) is 5.10 Å². The summed E-state index contributed by atoms with van der Waals surface area (Å²) in [5, 5.41) is 7.16. The lowest BCUT2D eigenvalue weighted by Gasteiger charge is -2.19. The van der Waals surface area contributed by atoms with Crippen molar-refractivity contribution in [2.24, 2.45) is 13.0 Å². The number of amides is 1. The van der Waals surface area contributed by atoms with Gasteiger partial charge in [-0.1, -0.05) is 13.8 Å². The Balaban J connectivity index is 2.12. The van der Waals surface area contributed by atoms with Gasteiger partial charge in [-0.05, 0) is 24.5 Å². The molecule has 22 heavy (non-hydrogen) atoms. The lowest BCUT2D eigenvalue weighted by atomic mass is 10.0. The fourth-order valence-corrected chi connectivity index (χ4v) is 3.15. The van der Waals surface area contributed by atoms with E-state index in [1.54, 1.807) is 11.8 Å². The van der Waals surface area contributed by atoms with E-state index in [2.05, 4.69) is 29.2 Å². The van der Waals surface area contributed by atoms with Crippen LogP contribution < -0.4 is 5.32 Å². The minimum Gasteiger partial charge on any atom is -0.379 e. The Morgan fingerprint density at radius 3 is 2.82 bits per heavy atom. The molecule has 1 amide bonds. The SMILES string of the molecule is COCc1ccc(C(=O)N[C@H](CC(C)C)c2ncnn2C)s1. The highest BCUT2D eigenvalue weighted by Crippen LogP contribution is 2.22. The molecule has 2 aromatic heterocycles. The smallest absolute Gasteiger partial charge is 0.261 e. The molecule has 0 saturated carbocycles. The van der Waals surface area contributed by atoms with Crippen molar-refractivity contribution in [1.82, 2.24) is 20.1 Å². The molecule has 0 bridgehead atoms. The molecule has 0 radical (unpaired) electrons. The number of aromatic nitrogens is 3. The summed E-state index contributed by atoms with van der Waals surface area (Å²) in [5.41, 5.74) is 0. The van der Waals surface area contributed by atoms with Crippen LogP contribution in [0, 0.1) is 5.92 Å². The van der Waals surface area contributed by atoms with Crippen molar-refractivity contribution >= 4 is 17.2 Å². The van der Waals surface area contributed by atoms with Crippen molar-refractivity contribution in [2.75, 3.05) is 7.11 Å². The first-order valence-electron chi connectivity index (χ1n) is 7.23. The molecular formula is C15H22N4O2S. The largest absolute Gasteiger partial charge is 0.379 e. The van der Waals surface area contributed by atoms with Crippen LogP contribution in [0.2, 0.25) is 0 Å². The first-order valence-corrected chi connectivity index (χ1v) is 8.05. The Labute approximate surface area is 134 Å². The average Bonchev–Trinajstić information content (AvgIpc) is 3.07. The van der Waals surface area contributed by atoms with E-state index in [1.807, 2.05) is 19.2 Å². The van der Waals surface area contributed by atoms with Gasteiger partial charge in [0.05, 0.1) is 17.5 Å². The van der Waals surface area contributed by atoms with Gasteiger partial charge in [-0.15, -0.1) is 11.3 Å². The number of carbonyl (C=O) groups excluding carboxylic acids is 1. The van der Waals surface area contributed by atoms with Crippen molar-refractivity contribution in [3.05, 3.63) is 34.0 Å². The molecule has 7 heteroatoms. The Hall–Kier alpha value is -1.73. The summed E-state index contributed by atoms with van der Waals surface area (Å²) in [6.07, 6.45) is 2.32. The number of methoxy groups -OCH3 is 1. The summed E-state index contributed by atoms with van der Waals surface area (Å²) in [4.78, 5) is 18.5. The quantitative estimate of drug-likeness (QED) is 0.850. The molecule has 0 saturated heterocycles. The van der Waals surface area contributed by atoms with Gasteiger partial charge >= 0.3 is 0 Å². The zero-order valence-corrected chi connectivity index (χ0v) is 14.2. The van der Waals surface area contributed by atoms with Crippen molar-refractivity contribution in [1.29, 1.82) is 0 Å². The normalized spacial score (nSPS) is 12.6. The number of ether oxygens (including phenoxy) is 1. The molecular weight excluding hydrogens is 300 g/mol. The Kier molecular flexibility index (Phi) is 5.68. The monoisotopic (exact) mass is 322 g/mol. The highest BCUT2D eigenvalue weighted by molar-refractivity contribution is 7.14. The van der Waals surface area contributed by atoms with Gasteiger partial charge in [0.15, 0.2) is 0 Å². The van der Waals surface area contributed by atoms with Crippen molar-refractivity contribution < 1.29 is 9.53 Å². The van der Waals surface area contributed by atoms with Gasteiger partial charge in [0.2, 0.25) is 0 Å². The summed E-state index contributed by atoms with van der Waals surface area (Å²) in [6.45, 7) is 4.77. The minimum absolute atomic E-state index is 0.0824. The average molecular weight is 322 g/mol. The van der Waals surface area contributed by atoms with Crippen LogP contribution in [0.25, 0.3) is 0 Å². The van der Waals surface area contributed by atoms with E-state index in [9.17, 15) is 4.79 Å². The lowest BCUT2D eigenvalue weighted by molar-refractivity contribution is 0.0933.